The molecule has 0 spiro atoms. The number of halogens is 1. The Bertz CT molecular complexity index is 446. The summed E-state index contributed by atoms with van der Waals surface area (Å²) in [4.78, 5) is 14.8. The lowest BCUT2D eigenvalue weighted by molar-refractivity contribution is 0.0697. The van der Waals surface area contributed by atoms with E-state index in [9.17, 15) is 4.79 Å². The Morgan fingerprint density at radius 1 is 1.65 bits per heavy atom. The molecule has 0 fully saturated rings. The van der Waals surface area contributed by atoms with Crippen molar-refractivity contribution in [1.29, 1.82) is 0 Å². The molecule has 17 heavy (non-hydrogen) atoms. The van der Waals surface area contributed by atoms with E-state index in [1.54, 1.807) is 11.8 Å². The van der Waals surface area contributed by atoms with Crippen LogP contribution in [0.25, 0.3) is 0 Å². The van der Waals surface area contributed by atoms with Crippen LogP contribution < -0.4 is 5.32 Å². The highest BCUT2D eigenvalue weighted by molar-refractivity contribution is 7.99. The van der Waals surface area contributed by atoms with E-state index in [-0.39, 0.29) is 16.5 Å². The molecule has 0 aliphatic carbocycles. The summed E-state index contributed by atoms with van der Waals surface area (Å²) in [5.74, 6) is 3.17. The van der Waals surface area contributed by atoms with Crippen LogP contribution in [-0.4, -0.2) is 34.1 Å². The molecule has 1 aromatic heterocycles. The lowest BCUT2D eigenvalue weighted by Crippen LogP contribution is -2.11. The number of hydrogen-bond donors (Lipinski definition) is 2. The van der Waals surface area contributed by atoms with Crippen LogP contribution in [0.15, 0.2) is 12.1 Å². The second-order valence-corrected chi connectivity index (χ2v) is 4.51. The topological polar surface area (TPSA) is 62.2 Å². The smallest absolute Gasteiger partial charge is 0.339 e. The van der Waals surface area contributed by atoms with Gasteiger partial charge < -0.3 is 10.4 Å². The number of thioether (sulfide) groups is 1. The number of nitrogens with zero attached hydrogens (tertiary/aromatic N) is 1. The Labute approximate surface area is 109 Å². The molecular formula is C11H11ClN2O2S. The van der Waals surface area contributed by atoms with Gasteiger partial charge in [0.2, 0.25) is 0 Å². The number of carboxylic acid groups (broad SMARTS) is 1. The van der Waals surface area contributed by atoms with Gasteiger partial charge in [-0.05, 0) is 12.1 Å². The summed E-state index contributed by atoms with van der Waals surface area (Å²) in [6.07, 6.45) is 5.11. The molecule has 1 heterocycles. The van der Waals surface area contributed by atoms with E-state index >= 15 is 0 Å². The van der Waals surface area contributed by atoms with Gasteiger partial charge in [0.05, 0.1) is 5.75 Å². The lowest BCUT2D eigenvalue weighted by Gasteiger charge is -2.08. The van der Waals surface area contributed by atoms with Crippen LogP contribution in [0.3, 0.4) is 0 Å². The quantitative estimate of drug-likeness (QED) is 0.471. The van der Waals surface area contributed by atoms with Crippen LogP contribution in [0.5, 0.6) is 0 Å². The van der Waals surface area contributed by atoms with Crippen LogP contribution in [0.2, 0.25) is 5.15 Å². The first-order valence-electron chi connectivity index (χ1n) is 4.80. The minimum atomic E-state index is -1.03. The zero-order chi connectivity index (χ0) is 12.7. The molecule has 0 aliphatic rings. The second kappa shape index (κ2) is 7.05. The summed E-state index contributed by atoms with van der Waals surface area (Å²) in [7, 11) is 0. The van der Waals surface area contributed by atoms with E-state index in [0.717, 1.165) is 5.75 Å². The molecule has 1 aromatic rings. The van der Waals surface area contributed by atoms with Crippen LogP contribution in [-0.2, 0) is 0 Å². The Morgan fingerprint density at radius 3 is 3.06 bits per heavy atom. The summed E-state index contributed by atoms with van der Waals surface area (Å²) in [6.45, 7) is 0.583. The molecule has 0 atom stereocenters. The van der Waals surface area contributed by atoms with Crippen molar-refractivity contribution in [3.05, 3.63) is 22.8 Å². The summed E-state index contributed by atoms with van der Waals surface area (Å²) >= 11 is 7.29. The molecule has 2 N–H and O–H groups in total. The first-order chi connectivity index (χ1) is 8.15. The number of pyridine rings is 1. The maximum absolute atomic E-state index is 10.9. The zero-order valence-corrected chi connectivity index (χ0v) is 10.5. The van der Waals surface area contributed by atoms with Gasteiger partial charge in [-0.3, -0.25) is 0 Å². The number of carboxylic acids is 1. The molecule has 0 amide bonds. The highest BCUT2D eigenvalue weighted by atomic mass is 35.5. The third kappa shape index (κ3) is 4.55. The van der Waals surface area contributed by atoms with Gasteiger partial charge in [0, 0.05) is 12.3 Å². The van der Waals surface area contributed by atoms with Gasteiger partial charge in [-0.15, -0.1) is 18.2 Å². The molecule has 0 saturated carbocycles. The number of nitrogens with one attached hydrogen (secondary N) is 1. The molecule has 0 unspecified atom stereocenters. The van der Waals surface area contributed by atoms with E-state index in [2.05, 4.69) is 16.2 Å². The third-order valence-corrected chi connectivity index (χ3v) is 2.89. The van der Waals surface area contributed by atoms with Crippen LogP contribution in [0, 0.1) is 12.3 Å². The van der Waals surface area contributed by atoms with Gasteiger partial charge in [-0.2, -0.15) is 0 Å². The van der Waals surface area contributed by atoms with Crippen LogP contribution in [0.1, 0.15) is 10.4 Å². The molecule has 6 heteroatoms. The minimum Gasteiger partial charge on any atom is -0.478 e. The largest absolute Gasteiger partial charge is 0.478 e. The predicted octanol–water partition coefficient (Wildman–Crippen LogP) is 2.21. The van der Waals surface area contributed by atoms with Gasteiger partial charge in [-0.1, -0.05) is 17.5 Å². The fourth-order valence-corrected chi connectivity index (χ4v) is 1.77. The Morgan fingerprint density at radius 2 is 2.41 bits per heavy atom. The zero-order valence-electron chi connectivity index (χ0n) is 8.94. The van der Waals surface area contributed by atoms with Gasteiger partial charge in [0.15, 0.2) is 0 Å². The average Bonchev–Trinajstić information content (AvgIpc) is 2.28. The monoisotopic (exact) mass is 270 g/mol. The van der Waals surface area contributed by atoms with E-state index in [1.165, 1.54) is 12.1 Å². The van der Waals surface area contributed by atoms with Crippen molar-refractivity contribution in [2.24, 2.45) is 0 Å². The fraction of sp³-hybridized carbons (Fsp3) is 0.273. The molecule has 0 aromatic carbocycles. The highest BCUT2D eigenvalue weighted by Gasteiger charge is 2.11. The molecule has 1 rings (SSSR count). The van der Waals surface area contributed by atoms with Crippen molar-refractivity contribution in [2.45, 2.75) is 0 Å². The number of anilines is 1. The maximum atomic E-state index is 10.9. The van der Waals surface area contributed by atoms with Crippen LogP contribution >= 0.6 is 23.4 Å². The molecule has 90 valence electrons. The summed E-state index contributed by atoms with van der Waals surface area (Å²) in [5, 5.41) is 12.1. The minimum absolute atomic E-state index is 0.108. The number of aromatic nitrogens is 1. The number of aromatic carboxylic acids is 1. The predicted molar refractivity (Wildman–Crippen MR) is 70.9 cm³/mol. The molecule has 0 bridgehead atoms. The number of rotatable bonds is 6. The third-order valence-electron chi connectivity index (χ3n) is 1.82. The highest BCUT2D eigenvalue weighted by Crippen LogP contribution is 2.16. The standard InChI is InChI=1S/C11H11ClN2O2S/c1-2-6-17-7-5-13-10-8(11(15)16)3-4-9(12)14-10/h1,3-4H,5-7H2,(H,13,14)(H,15,16). The first-order valence-corrected chi connectivity index (χ1v) is 6.33. The molecule has 0 radical (unpaired) electrons. The van der Waals surface area contributed by atoms with Crippen molar-refractivity contribution >= 4 is 35.1 Å². The van der Waals surface area contributed by atoms with Crippen LogP contribution in [0.4, 0.5) is 5.82 Å². The summed E-state index contributed by atoms with van der Waals surface area (Å²) < 4.78 is 0. The van der Waals surface area contributed by atoms with Crippen molar-refractivity contribution in [3.8, 4) is 12.3 Å². The van der Waals surface area contributed by atoms with Gasteiger partial charge in [0.1, 0.15) is 16.5 Å². The summed E-state index contributed by atoms with van der Waals surface area (Å²) in [6, 6.07) is 2.87. The maximum Gasteiger partial charge on any atom is 0.339 e. The summed E-state index contributed by atoms with van der Waals surface area (Å²) in [5.41, 5.74) is 0.108. The van der Waals surface area contributed by atoms with Crippen molar-refractivity contribution in [2.75, 3.05) is 23.4 Å². The number of hydrogen-bond acceptors (Lipinski definition) is 4. The number of carbonyl (C=O) groups is 1. The van der Waals surface area contributed by atoms with E-state index in [0.29, 0.717) is 12.3 Å². The molecular weight excluding hydrogens is 260 g/mol. The first kappa shape index (κ1) is 13.7. The van der Waals surface area contributed by atoms with Crippen molar-refractivity contribution < 1.29 is 9.90 Å². The average molecular weight is 271 g/mol. The van der Waals surface area contributed by atoms with Gasteiger partial charge in [0.25, 0.3) is 0 Å². The fourth-order valence-electron chi connectivity index (χ4n) is 1.12. The van der Waals surface area contributed by atoms with Crippen molar-refractivity contribution in [1.82, 2.24) is 4.98 Å². The molecule has 4 nitrogen and oxygen atoms in total. The van der Waals surface area contributed by atoms with Crippen molar-refractivity contribution in [3.63, 3.8) is 0 Å². The van der Waals surface area contributed by atoms with E-state index < -0.39 is 5.97 Å². The van der Waals surface area contributed by atoms with Gasteiger partial charge >= 0.3 is 5.97 Å². The Kier molecular flexibility index (Phi) is 5.67. The second-order valence-electron chi connectivity index (χ2n) is 3.02. The van der Waals surface area contributed by atoms with E-state index in [4.69, 9.17) is 23.1 Å². The number of terminal acetylenes is 1. The SMILES string of the molecule is C#CCSCCNc1nc(Cl)ccc1C(=O)O. The Hall–Kier alpha value is -1.38. The normalized spacial score (nSPS) is 9.65. The van der Waals surface area contributed by atoms with E-state index in [1.807, 2.05) is 0 Å². The molecule has 0 saturated heterocycles. The molecule has 0 aliphatic heterocycles. The lowest BCUT2D eigenvalue weighted by atomic mass is 10.2. The Balaban J connectivity index is 2.60. The van der Waals surface area contributed by atoms with Gasteiger partial charge in [-0.25, -0.2) is 9.78 Å².